The van der Waals surface area contributed by atoms with Crippen LogP contribution in [-0.2, 0) is 30.4 Å². The van der Waals surface area contributed by atoms with E-state index in [0.29, 0.717) is 6.42 Å². The van der Waals surface area contributed by atoms with Crippen molar-refractivity contribution in [2.24, 2.45) is 5.92 Å². The lowest BCUT2D eigenvalue weighted by Gasteiger charge is -2.26. The van der Waals surface area contributed by atoms with E-state index in [1.165, 1.54) is 5.23 Å². The molecule has 1 saturated heterocycles. The summed E-state index contributed by atoms with van der Waals surface area (Å²) in [5, 5.41) is 4.12. The van der Waals surface area contributed by atoms with Gasteiger partial charge in [0.1, 0.15) is 22.4 Å². The largest absolute Gasteiger partial charge is 0.460 e. The molecule has 0 aliphatic carbocycles. The molecule has 1 aromatic carbocycles. The molecular formula is C25H40N2O6. The van der Waals surface area contributed by atoms with Crippen molar-refractivity contribution in [3.63, 3.8) is 0 Å². The highest BCUT2D eigenvalue weighted by molar-refractivity contribution is 5.75. The molecule has 33 heavy (non-hydrogen) atoms. The third kappa shape index (κ3) is 7.89. The highest BCUT2D eigenvalue weighted by Crippen LogP contribution is 2.39. The van der Waals surface area contributed by atoms with Crippen LogP contribution in [0.3, 0.4) is 0 Å². The summed E-state index contributed by atoms with van der Waals surface area (Å²) in [7, 11) is 0. The maximum atomic E-state index is 12.8. The fourth-order valence-corrected chi connectivity index (χ4v) is 2.94. The van der Waals surface area contributed by atoms with Gasteiger partial charge >= 0.3 is 12.1 Å². The number of esters is 1. The third-order valence-electron chi connectivity index (χ3n) is 5.33. The van der Waals surface area contributed by atoms with Crippen molar-refractivity contribution >= 4 is 17.7 Å². The number of ether oxygens (including phenoxy) is 2. The van der Waals surface area contributed by atoms with Gasteiger partial charge in [0.25, 0.3) is 0 Å². The maximum absolute atomic E-state index is 12.8. The predicted molar refractivity (Wildman–Crippen MR) is 127 cm³/mol. The van der Waals surface area contributed by atoms with Crippen LogP contribution in [0.1, 0.15) is 74.8 Å². The quantitative estimate of drug-likeness (QED) is 0.596. The number of benzene rings is 1. The van der Waals surface area contributed by atoms with Crippen LogP contribution < -0.4 is 10.5 Å². The van der Waals surface area contributed by atoms with Gasteiger partial charge in [-0.2, -0.15) is 0 Å². The molecule has 0 saturated carbocycles. The van der Waals surface area contributed by atoms with Gasteiger partial charge in [-0.15, -0.1) is 5.23 Å². The fraction of sp³-hybridized carbons (Fsp3) is 0.680. The van der Waals surface area contributed by atoms with E-state index in [4.69, 9.17) is 19.1 Å². The van der Waals surface area contributed by atoms with Crippen molar-refractivity contribution in [1.82, 2.24) is 5.32 Å². The highest BCUT2D eigenvalue weighted by Gasteiger charge is 2.50. The lowest BCUT2D eigenvalue weighted by atomic mass is 9.90. The number of carbonyl (C=O) groups excluding carboxylic acids is 2. The zero-order chi connectivity index (χ0) is 25.2. The second-order valence-corrected chi connectivity index (χ2v) is 11.4. The molecule has 1 aromatic rings. The molecule has 1 aliphatic heterocycles. The summed E-state index contributed by atoms with van der Waals surface area (Å²) in [6.45, 7) is 18.8. The van der Waals surface area contributed by atoms with Crippen LogP contribution in [0, 0.1) is 5.92 Å². The SMILES string of the molecule is CC(C)(C)OC(=O)NCC(Cc1ccc(N2OC(C)(C)C(C)(C)O2)cc1)C(=O)OC(C)(C)C. The molecule has 8 heteroatoms. The number of hydrogen-bond acceptors (Lipinski definition) is 7. The lowest BCUT2D eigenvalue weighted by Crippen LogP contribution is -2.41. The average molecular weight is 465 g/mol. The Labute approximate surface area is 197 Å². The topological polar surface area (TPSA) is 86.3 Å². The number of anilines is 1. The minimum absolute atomic E-state index is 0.103. The first kappa shape index (κ1) is 26.9. The van der Waals surface area contributed by atoms with Crippen molar-refractivity contribution in [3.8, 4) is 0 Å². The molecule has 1 unspecified atom stereocenters. The standard InChI is InChI=1S/C25H40N2O6/c1-22(2,3)30-20(28)18(16-26-21(29)31-23(4,5)6)15-17-11-13-19(14-12-17)27-32-24(7,8)25(9,10)33-27/h11-14,18H,15-16H2,1-10H3,(H,26,29). The molecule has 0 aromatic heterocycles. The van der Waals surface area contributed by atoms with Crippen LogP contribution in [0.25, 0.3) is 0 Å². The number of nitrogens with one attached hydrogen (secondary N) is 1. The summed E-state index contributed by atoms with van der Waals surface area (Å²) in [6.07, 6.45) is -0.177. The average Bonchev–Trinajstić information content (AvgIpc) is 2.83. The maximum Gasteiger partial charge on any atom is 0.407 e. The molecule has 0 bridgehead atoms. The minimum Gasteiger partial charge on any atom is -0.460 e. The van der Waals surface area contributed by atoms with E-state index in [1.54, 1.807) is 20.8 Å². The van der Waals surface area contributed by atoms with Crippen molar-refractivity contribution in [2.45, 2.75) is 98.1 Å². The number of rotatable bonds is 6. The Morgan fingerprint density at radius 2 is 1.39 bits per heavy atom. The molecule has 2 rings (SSSR count). The van der Waals surface area contributed by atoms with Crippen LogP contribution >= 0.6 is 0 Å². The molecular weight excluding hydrogens is 424 g/mol. The monoisotopic (exact) mass is 464 g/mol. The van der Waals surface area contributed by atoms with Gasteiger partial charge in [0, 0.05) is 6.54 Å². The molecule has 1 amide bonds. The smallest absolute Gasteiger partial charge is 0.407 e. The Balaban J connectivity index is 2.10. The van der Waals surface area contributed by atoms with Crippen LogP contribution in [0.15, 0.2) is 24.3 Å². The van der Waals surface area contributed by atoms with Gasteiger partial charge in [-0.25, -0.2) is 14.5 Å². The zero-order valence-electron chi connectivity index (χ0n) is 21.7. The number of hydrogen-bond donors (Lipinski definition) is 1. The lowest BCUT2D eigenvalue weighted by molar-refractivity contribution is -0.159. The minimum atomic E-state index is -0.630. The van der Waals surface area contributed by atoms with Gasteiger partial charge < -0.3 is 14.8 Å². The van der Waals surface area contributed by atoms with Gasteiger partial charge in [0.2, 0.25) is 0 Å². The van der Waals surface area contributed by atoms with Crippen LogP contribution in [0.4, 0.5) is 10.5 Å². The summed E-state index contributed by atoms with van der Waals surface area (Å²) in [6, 6.07) is 7.57. The van der Waals surface area contributed by atoms with E-state index in [9.17, 15) is 9.59 Å². The van der Waals surface area contributed by atoms with Gasteiger partial charge in [-0.1, -0.05) is 12.1 Å². The van der Waals surface area contributed by atoms with E-state index in [1.807, 2.05) is 72.7 Å². The molecule has 1 heterocycles. The van der Waals surface area contributed by atoms with Gasteiger partial charge in [0.15, 0.2) is 0 Å². The first-order valence-electron chi connectivity index (χ1n) is 11.4. The molecule has 1 fully saturated rings. The molecule has 1 atom stereocenters. The Kier molecular flexibility index (Phi) is 7.76. The molecule has 0 radical (unpaired) electrons. The van der Waals surface area contributed by atoms with Gasteiger partial charge in [-0.05, 0) is 93.4 Å². The fourth-order valence-electron chi connectivity index (χ4n) is 2.94. The number of nitrogens with zero attached hydrogens (tertiary/aromatic N) is 1. The number of carbonyl (C=O) groups is 2. The summed E-state index contributed by atoms with van der Waals surface area (Å²) in [4.78, 5) is 36.8. The molecule has 1 aliphatic rings. The summed E-state index contributed by atoms with van der Waals surface area (Å²) in [5.41, 5.74) is -0.558. The van der Waals surface area contributed by atoms with Crippen LogP contribution in [0.2, 0.25) is 0 Å². The number of alkyl carbamates (subject to hydrolysis) is 1. The predicted octanol–water partition coefficient (Wildman–Crippen LogP) is 4.95. The van der Waals surface area contributed by atoms with E-state index in [0.717, 1.165) is 11.3 Å². The van der Waals surface area contributed by atoms with E-state index < -0.39 is 34.4 Å². The summed E-state index contributed by atoms with van der Waals surface area (Å²) >= 11 is 0. The number of amides is 1. The van der Waals surface area contributed by atoms with E-state index in [2.05, 4.69) is 5.32 Å². The first-order valence-corrected chi connectivity index (χ1v) is 11.4. The van der Waals surface area contributed by atoms with Crippen molar-refractivity contribution in [1.29, 1.82) is 0 Å². The van der Waals surface area contributed by atoms with Crippen molar-refractivity contribution in [3.05, 3.63) is 29.8 Å². The third-order valence-corrected chi connectivity index (χ3v) is 5.33. The second kappa shape index (κ2) is 9.50. The van der Waals surface area contributed by atoms with E-state index >= 15 is 0 Å². The summed E-state index contributed by atoms with van der Waals surface area (Å²) < 4.78 is 10.9. The molecule has 8 nitrogen and oxygen atoms in total. The van der Waals surface area contributed by atoms with E-state index in [-0.39, 0.29) is 12.5 Å². The van der Waals surface area contributed by atoms with Gasteiger partial charge in [0.05, 0.1) is 11.6 Å². The Morgan fingerprint density at radius 3 is 1.85 bits per heavy atom. The summed E-state index contributed by atoms with van der Waals surface area (Å²) in [5.74, 6) is -0.947. The Hall–Kier alpha value is -2.32. The van der Waals surface area contributed by atoms with Crippen LogP contribution in [0.5, 0.6) is 0 Å². The normalized spacial score (nSPS) is 18.5. The Morgan fingerprint density at radius 1 is 0.909 bits per heavy atom. The Bertz CT molecular complexity index is 818. The van der Waals surface area contributed by atoms with Crippen molar-refractivity contribution in [2.75, 3.05) is 11.8 Å². The molecule has 1 N–H and O–H groups in total. The zero-order valence-corrected chi connectivity index (χ0v) is 21.7. The van der Waals surface area contributed by atoms with Crippen molar-refractivity contribution < 1.29 is 28.7 Å². The highest BCUT2D eigenvalue weighted by atomic mass is 17.0. The molecule has 0 spiro atoms. The molecule has 186 valence electrons. The van der Waals surface area contributed by atoms with Gasteiger partial charge in [-0.3, -0.25) is 4.79 Å². The second-order valence-electron chi connectivity index (χ2n) is 11.4. The first-order chi connectivity index (χ1) is 14.9. The van der Waals surface area contributed by atoms with Crippen LogP contribution in [-0.4, -0.2) is 41.0 Å².